The predicted octanol–water partition coefficient (Wildman–Crippen LogP) is 4.29. The molecule has 0 aliphatic rings. The fourth-order valence-electron chi connectivity index (χ4n) is 2.35. The van der Waals surface area contributed by atoms with Gasteiger partial charge >= 0.3 is 17.9 Å². The molecule has 3 rings (SSSR count). The molecule has 0 aliphatic heterocycles. The van der Waals surface area contributed by atoms with Gasteiger partial charge in [0.2, 0.25) is 6.29 Å². The Morgan fingerprint density at radius 1 is 1.03 bits per heavy atom. The van der Waals surface area contributed by atoms with Gasteiger partial charge in [0.25, 0.3) is 0 Å². The molecule has 0 unspecified atom stereocenters. The molecule has 0 aromatic heterocycles. The van der Waals surface area contributed by atoms with Crippen LogP contribution in [0.5, 0.6) is 0 Å². The van der Waals surface area contributed by atoms with Gasteiger partial charge in [0, 0.05) is 5.56 Å². The molecule has 0 heterocycles. The summed E-state index contributed by atoms with van der Waals surface area (Å²) in [6.07, 6.45) is -4.45. The molecule has 160 valence electrons. The van der Waals surface area contributed by atoms with Crippen molar-refractivity contribution in [2.45, 2.75) is 6.18 Å². The first kappa shape index (κ1) is 23.1. The maximum Gasteiger partial charge on any atom is 0.490 e. The molecule has 10 heteroatoms. The second-order valence-electron chi connectivity index (χ2n) is 5.96. The molecule has 3 aromatic rings. The summed E-state index contributed by atoms with van der Waals surface area (Å²) in [6, 6.07) is 20.0. The van der Waals surface area contributed by atoms with E-state index in [0.717, 1.165) is 10.8 Å². The van der Waals surface area contributed by atoms with Crippen molar-refractivity contribution >= 4 is 40.3 Å². The van der Waals surface area contributed by atoms with Crippen molar-refractivity contribution in [1.29, 1.82) is 5.41 Å². The van der Waals surface area contributed by atoms with Crippen molar-refractivity contribution in [2.24, 2.45) is 5.73 Å². The number of alkyl halides is 3. The molecule has 0 radical (unpaired) electrons. The second-order valence-corrected chi connectivity index (χ2v) is 5.96. The number of carbonyl (C=O) groups is 2. The highest BCUT2D eigenvalue weighted by molar-refractivity contribution is 6.33. The lowest BCUT2D eigenvalue weighted by molar-refractivity contribution is -0.193. The summed E-state index contributed by atoms with van der Waals surface area (Å²) < 4.78 is 37.1. The minimum atomic E-state index is -5.08. The average molecular weight is 431 g/mol. The Morgan fingerprint density at radius 3 is 2.23 bits per heavy atom. The van der Waals surface area contributed by atoms with Crippen molar-refractivity contribution in [3.63, 3.8) is 0 Å². The lowest BCUT2D eigenvalue weighted by atomic mass is 10.1. The minimum absolute atomic E-state index is 0.0166. The van der Waals surface area contributed by atoms with Crippen molar-refractivity contribution < 1.29 is 32.4 Å². The number of carboxylic acid groups (broad SMARTS) is 1. The number of carbonyl (C=O) groups excluding carboxylic acids is 2. The number of carboxylic acids is 1. The van der Waals surface area contributed by atoms with Gasteiger partial charge in [0.15, 0.2) is 0 Å². The van der Waals surface area contributed by atoms with Gasteiger partial charge in [0.1, 0.15) is 5.84 Å². The number of fused-ring (bicyclic) bond motifs is 1. The molecule has 0 amide bonds. The molecule has 0 fully saturated rings. The monoisotopic (exact) mass is 431 g/mol. The van der Waals surface area contributed by atoms with E-state index in [1.54, 1.807) is 30.3 Å². The van der Waals surface area contributed by atoms with E-state index in [1.165, 1.54) is 0 Å². The van der Waals surface area contributed by atoms with Crippen LogP contribution in [0.2, 0.25) is 0 Å². The predicted molar refractivity (Wildman–Crippen MR) is 109 cm³/mol. The number of nitrogen functional groups attached to an aromatic ring is 1. The zero-order valence-corrected chi connectivity index (χ0v) is 15.8. The first-order valence-electron chi connectivity index (χ1n) is 8.56. The Kier molecular flexibility index (Phi) is 7.45. The van der Waals surface area contributed by atoms with E-state index >= 15 is 0 Å². The molecule has 0 spiro atoms. The van der Waals surface area contributed by atoms with E-state index in [-0.39, 0.29) is 11.6 Å². The molecule has 0 bridgehead atoms. The van der Waals surface area contributed by atoms with Crippen LogP contribution in [0.3, 0.4) is 0 Å². The number of ketones is 1. The maximum absolute atomic E-state index is 11.3. The number of aliphatic carboxylic acids is 1. The summed E-state index contributed by atoms with van der Waals surface area (Å²) in [4.78, 5) is 20.2. The summed E-state index contributed by atoms with van der Waals surface area (Å²) in [5.41, 5.74) is 11.5. The molecule has 31 heavy (non-hydrogen) atoms. The highest BCUT2D eigenvalue weighted by Gasteiger charge is 2.38. The first-order valence-corrected chi connectivity index (χ1v) is 8.56. The highest BCUT2D eigenvalue weighted by Crippen LogP contribution is 2.30. The Morgan fingerprint density at radius 2 is 1.68 bits per heavy atom. The van der Waals surface area contributed by atoms with Gasteiger partial charge in [-0.25, -0.2) is 4.79 Å². The van der Waals surface area contributed by atoms with Crippen LogP contribution in [0, 0.1) is 5.41 Å². The quantitative estimate of drug-likeness (QED) is 0.106. The van der Waals surface area contributed by atoms with Crippen LogP contribution in [0.4, 0.5) is 18.9 Å². The molecular formula is C21H16F3N3O4. The number of amidine groups is 1. The van der Waals surface area contributed by atoms with Crippen molar-refractivity contribution in [3.05, 3.63) is 83.3 Å². The fraction of sp³-hybridized carbons (Fsp3) is 0.0476. The average Bonchev–Trinajstić information content (AvgIpc) is 2.74. The van der Waals surface area contributed by atoms with Gasteiger partial charge in [-0.15, -0.1) is 0 Å². The lowest BCUT2D eigenvalue weighted by Crippen LogP contribution is -2.21. The number of nitrogens with two attached hydrogens (primary N) is 1. The normalized spacial score (nSPS) is 11.3. The van der Waals surface area contributed by atoms with Crippen LogP contribution < -0.4 is 5.73 Å². The van der Waals surface area contributed by atoms with E-state index in [1.807, 2.05) is 36.4 Å². The smallest absolute Gasteiger partial charge is 0.475 e. The number of nitrogens with zero attached hydrogens (tertiary/aromatic N) is 1. The van der Waals surface area contributed by atoms with Gasteiger partial charge < -0.3 is 10.8 Å². The van der Waals surface area contributed by atoms with Crippen LogP contribution in [-0.4, -0.2) is 35.2 Å². The molecular weight excluding hydrogens is 415 g/mol. The largest absolute Gasteiger partial charge is 0.490 e. The summed E-state index contributed by atoms with van der Waals surface area (Å²) in [7, 11) is 0. The van der Waals surface area contributed by atoms with Crippen LogP contribution >= 0.6 is 0 Å². The Hall–Kier alpha value is -4.21. The van der Waals surface area contributed by atoms with E-state index < -0.39 is 12.1 Å². The van der Waals surface area contributed by atoms with E-state index in [4.69, 9.17) is 25.6 Å². The number of hydrogen-bond acceptors (Lipinski definition) is 3. The SMILES string of the molecule is N=C(N)c1ccc2cccc([N-][O+]=C(C=O)c3ccccc3)c2c1.O=C(O)C(F)(F)F. The number of benzene rings is 3. The van der Waals surface area contributed by atoms with Gasteiger partial charge in [-0.2, -0.15) is 13.2 Å². The zero-order chi connectivity index (χ0) is 23.0. The molecule has 4 N–H and O–H groups in total. The molecule has 3 aromatic carbocycles. The molecule has 0 saturated carbocycles. The summed E-state index contributed by atoms with van der Waals surface area (Å²) >= 11 is 0. The third-order valence-corrected chi connectivity index (χ3v) is 3.82. The second kappa shape index (κ2) is 10.0. The topological polar surface area (TPSA) is 130 Å². The van der Waals surface area contributed by atoms with Crippen molar-refractivity contribution in [1.82, 2.24) is 0 Å². The van der Waals surface area contributed by atoms with Gasteiger partial charge in [-0.3, -0.25) is 20.2 Å². The molecule has 7 nitrogen and oxygen atoms in total. The van der Waals surface area contributed by atoms with E-state index in [0.29, 0.717) is 23.1 Å². The van der Waals surface area contributed by atoms with Gasteiger partial charge in [-0.1, -0.05) is 48.5 Å². The van der Waals surface area contributed by atoms with Crippen LogP contribution in [0.25, 0.3) is 16.3 Å². The molecule has 0 aliphatic carbocycles. The zero-order valence-electron chi connectivity index (χ0n) is 15.8. The Balaban J connectivity index is 0.000000423. The van der Waals surface area contributed by atoms with Crippen LogP contribution in [0.15, 0.2) is 66.7 Å². The maximum atomic E-state index is 11.3. The number of aldehydes is 1. The van der Waals surface area contributed by atoms with Crippen molar-refractivity contribution in [3.8, 4) is 0 Å². The first-order chi connectivity index (χ1) is 14.6. The Bertz CT molecular complexity index is 1130. The third kappa shape index (κ3) is 6.39. The van der Waals surface area contributed by atoms with E-state index in [2.05, 4.69) is 5.48 Å². The standard InChI is InChI=1S/C19H15N3O2.C2HF3O2/c20-19(21)15-10-9-13-7-4-8-17(16(13)11-15)22-24-18(12-23)14-5-2-1-3-6-14;3-2(4,5)1(6)7/h1-12H,(H3,20,21);(H,6,7). The summed E-state index contributed by atoms with van der Waals surface area (Å²) in [5, 5.41) is 16.4. The fourth-order valence-corrected chi connectivity index (χ4v) is 2.35. The van der Waals surface area contributed by atoms with Gasteiger partial charge in [-0.05, 0) is 34.7 Å². The highest BCUT2D eigenvalue weighted by atomic mass is 19.4. The Labute approximate surface area is 174 Å². The number of nitrogens with one attached hydrogen (secondary N) is 1. The molecule has 0 saturated heterocycles. The number of hydrogen-bond donors (Lipinski definition) is 3. The summed E-state index contributed by atoms with van der Waals surface area (Å²) in [6.45, 7) is 0. The molecule has 0 atom stereocenters. The number of halogens is 3. The van der Waals surface area contributed by atoms with E-state index in [9.17, 15) is 18.0 Å². The third-order valence-electron chi connectivity index (χ3n) is 3.82. The number of rotatable bonds is 5. The minimum Gasteiger partial charge on any atom is -0.475 e. The lowest BCUT2D eigenvalue weighted by Gasteiger charge is -2.10. The van der Waals surface area contributed by atoms with Crippen LogP contribution in [-0.2, 0) is 9.59 Å². The van der Waals surface area contributed by atoms with Crippen molar-refractivity contribution in [2.75, 3.05) is 0 Å². The summed E-state index contributed by atoms with van der Waals surface area (Å²) in [5.74, 6) is -2.64. The van der Waals surface area contributed by atoms with Gasteiger partial charge in [0.05, 0.1) is 5.56 Å². The van der Waals surface area contributed by atoms with Crippen LogP contribution in [0.1, 0.15) is 15.7 Å².